The third kappa shape index (κ3) is 2.15. The first kappa shape index (κ1) is 11.7. The molecule has 0 aromatic carbocycles. The van der Waals surface area contributed by atoms with E-state index in [2.05, 4.69) is 5.32 Å². The van der Waals surface area contributed by atoms with Gasteiger partial charge in [0.2, 0.25) is 0 Å². The van der Waals surface area contributed by atoms with Crippen LogP contribution in [0.4, 0.5) is 0 Å². The lowest BCUT2D eigenvalue weighted by atomic mass is 9.97. The van der Waals surface area contributed by atoms with E-state index in [4.69, 9.17) is 4.74 Å². The highest BCUT2D eigenvalue weighted by Gasteiger charge is 2.44. The summed E-state index contributed by atoms with van der Waals surface area (Å²) in [6.07, 6.45) is 2.80. The number of carbonyl (C=O) groups is 1. The summed E-state index contributed by atoms with van der Waals surface area (Å²) in [6.45, 7) is 3.59. The van der Waals surface area contributed by atoms with E-state index in [9.17, 15) is 9.00 Å². The molecule has 0 aliphatic carbocycles. The van der Waals surface area contributed by atoms with Crippen molar-refractivity contribution < 1.29 is 13.7 Å². The fourth-order valence-electron chi connectivity index (χ4n) is 1.70. The van der Waals surface area contributed by atoms with Gasteiger partial charge in [0.25, 0.3) is 0 Å². The highest BCUT2D eigenvalue weighted by Crippen LogP contribution is 2.26. The first-order valence-corrected chi connectivity index (χ1v) is 6.41. The van der Waals surface area contributed by atoms with Crippen LogP contribution in [0.25, 0.3) is 0 Å². The minimum atomic E-state index is -1.16. The fraction of sp³-hybridized carbons (Fsp3) is 0.889. The highest BCUT2D eigenvalue weighted by molar-refractivity contribution is 7.86. The molecular weight excluding hydrogens is 202 g/mol. The summed E-state index contributed by atoms with van der Waals surface area (Å²) in [6, 6.07) is 0. The first-order chi connectivity index (χ1) is 6.63. The Kier molecular flexibility index (Phi) is 4.07. The van der Waals surface area contributed by atoms with Crippen LogP contribution in [0.2, 0.25) is 0 Å². The average Bonchev–Trinajstić information content (AvgIpc) is 2.19. The van der Waals surface area contributed by atoms with Crippen molar-refractivity contribution in [2.24, 2.45) is 0 Å². The summed E-state index contributed by atoms with van der Waals surface area (Å²) in [5.74, 6) is -0.303. The van der Waals surface area contributed by atoms with Crippen molar-refractivity contribution in [3.05, 3.63) is 0 Å². The van der Waals surface area contributed by atoms with E-state index in [-0.39, 0.29) is 5.97 Å². The third-order valence-corrected chi connectivity index (χ3v) is 4.28. The van der Waals surface area contributed by atoms with Gasteiger partial charge in [-0.05, 0) is 32.9 Å². The molecule has 0 aromatic rings. The zero-order chi connectivity index (χ0) is 10.6. The maximum absolute atomic E-state index is 11.7. The molecule has 0 saturated carbocycles. The smallest absolute Gasteiger partial charge is 0.324 e. The SMILES string of the molecule is CCOC(=O)C1(S(C)=O)CCNCC1. The van der Waals surface area contributed by atoms with Gasteiger partial charge in [-0.25, -0.2) is 0 Å². The van der Waals surface area contributed by atoms with E-state index in [0.29, 0.717) is 19.4 Å². The molecule has 82 valence electrons. The van der Waals surface area contributed by atoms with Crippen LogP contribution in [-0.2, 0) is 20.3 Å². The summed E-state index contributed by atoms with van der Waals surface area (Å²) in [4.78, 5) is 11.7. The van der Waals surface area contributed by atoms with Crippen LogP contribution in [0.1, 0.15) is 19.8 Å². The highest BCUT2D eigenvalue weighted by atomic mass is 32.2. The monoisotopic (exact) mass is 219 g/mol. The third-order valence-electron chi connectivity index (χ3n) is 2.61. The Morgan fingerprint density at radius 2 is 2.07 bits per heavy atom. The van der Waals surface area contributed by atoms with Crippen LogP contribution in [0.15, 0.2) is 0 Å². The summed E-state index contributed by atoms with van der Waals surface area (Å²) < 4.78 is 15.8. The van der Waals surface area contributed by atoms with E-state index < -0.39 is 15.5 Å². The van der Waals surface area contributed by atoms with Gasteiger partial charge in [-0.15, -0.1) is 0 Å². The van der Waals surface area contributed by atoms with E-state index in [1.165, 1.54) is 0 Å². The van der Waals surface area contributed by atoms with Gasteiger partial charge in [-0.3, -0.25) is 9.00 Å². The molecule has 1 saturated heterocycles. The molecule has 1 aliphatic rings. The van der Waals surface area contributed by atoms with Crippen molar-refractivity contribution in [3.8, 4) is 0 Å². The standard InChI is InChI=1S/C9H17NO3S/c1-3-13-8(11)9(14(2)12)4-6-10-7-5-9/h10H,3-7H2,1-2H3. The summed E-state index contributed by atoms with van der Waals surface area (Å²) in [7, 11) is -1.16. The van der Waals surface area contributed by atoms with Crippen LogP contribution in [0.5, 0.6) is 0 Å². The molecule has 1 fully saturated rings. The Balaban J connectivity index is 2.80. The van der Waals surface area contributed by atoms with Crippen LogP contribution in [0.3, 0.4) is 0 Å². The van der Waals surface area contributed by atoms with Crippen molar-refractivity contribution >= 4 is 16.8 Å². The van der Waals surface area contributed by atoms with Gasteiger partial charge in [0.1, 0.15) is 4.75 Å². The van der Waals surface area contributed by atoms with Crippen molar-refractivity contribution in [1.82, 2.24) is 5.32 Å². The van der Waals surface area contributed by atoms with Gasteiger partial charge < -0.3 is 10.1 Å². The Morgan fingerprint density at radius 1 is 1.50 bits per heavy atom. The number of rotatable bonds is 3. The Bertz CT molecular complexity index is 236. The van der Waals surface area contributed by atoms with Gasteiger partial charge in [0.15, 0.2) is 0 Å². The zero-order valence-corrected chi connectivity index (χ0v) is 9.49. The zero-order valence-electron chi connectivity index (χ0n) is 8.67. The van der Waals surface area contributed by atoms with E-state index in [0.717, 1.165) is 13.1 Å². The van der Waals surface area contributed by atoms with Gasteiger partial charge in [0.05, 0.1) is 6.61 Å². The molecule has 0 bridgehead atoms. The van der Waals surface area contributed by atoms with Crippen LogP contribution < -0.4 is 5.32 Å². The minimum absolute atomic E-state index is 0.303. The van der Waals surface area contributed by atoms with E-state index in [1.54, 1.807) is 13.2 Å². The van der Waals surface area contributed by atoms with Gasteiger partial charge in [0, 0.05) is 17.1 Å². The van der Waals surface area contributed by atoms with Crippen molar-refractivity contribution in [2.45, 2.75) is 24.5 Å². The molecule has 0 radical (unpaired) electrons. The second-order valence-corrected chi connectivity index (χ2v) is 5.11. The molecule has 0 spiro atoms. The number of ether oxygens (including phenoxy) is 1. The molecule has 14 heavy (non-hydrogen) atoms. The van der Waals surface area contributed by atoms with Crippen LogP contribution in [-0.4, -0.2) is 40.9 Å². The second-order valence-electron chi connectivity index (χ2n) is 3.42. The summed E-state index contributed by atoms with van der Waals surface area (Å²) in [5, 5.41) is 3.15. The maximum atomic E-state index is 11.7. The Morgan fingerprint density at radius 3 is 2.50 bits per heavy atom. The van der Waals surface area contributed by atoms with Crippen molar-refractivity contribution in [3.63, 3.8) is 0 Å². The quantitative estimate of drug-likeness (QED) is 0.681. The first-order valence-electron chi connectivity index (χ1n) is 4.85. The minimum Gasteiger partial charge on any atom is -0.465 e. The van der Waals surface area contributed by atoms with Gasteiger partial charge in [-0.2, -0.15) is 0 Å². The maximum Gasteiger partial charge on any atom is 0.324 e. The topological polar surface area (TPSA) is 55.4 Å². The Labute approximate surface area is 86.9 Å². The second kappa shape index (κ2) is 4.89. The number of hydrogen-bond acceptors (Lipinski definition) is 4. The molecule has 1 N–H and O–H groups in total. The van der Waals surface area contributed by atoms with Gasteiger partial charge >= 0.3 is 5.97 Å². The molecule has 1 aliphatic heterocycles. The van der Waals surface area contributed by atoms with Gasteiger partial charge in [-0.1, -0.05) is 0 Å². The molecule has 1 heterocycles. The molecule has 0 amide bonds. The number of hydrogen-bond donors (Lipinski definition) is 1. The Hall–Kier alpha value is -0.420. The summed E-state index contributed by atoms with van der Waals surface area (Å²) >= 11 is 0. The van der Waals surface area contributed by atoms with Crippen molar-refractivity contribution in [2.75, 3.05) is 26.0 Å². The largest absolute Gasteiger partial charge is 0.465 e. The molecule has 1 unspecified atom stereocenters. The molecule has 4 nitrogen and oxygen atoms in total. The normalized spacial score (nSPS) is 22.7. The van der Waals surface area contributed by atoms with Crippen LogP contribution in [0, 0.1) is 0 Å². The predicted molar refractivity (Wildman–Crippen MR) is 55.5 cm³/mol. The van der Waals surface area contributed by atoms with E-state index in [1.807, 2.05) is 0 Å². The van der Waals surface area contributed by atoms with Crippen LogP contribution >= 0.6 is 0 Å². The molecule has 0 aromatic heterocycles. The van der Waals surface area contributed by atoms with Crippen molar-refractivity contribution in [1.29, 1.82) is 0 Å². The lowest BCUT2D eigenvalue weighted by Gasteiger charge is -2.32. The van der Waals surface area contributed by atoms with E-state index >= 15 is 0 Å². The lowest BCUT2D eigenvalue weighted by Crippen LogP contribution is -2.51. The lowest BCUT2D eigenvalue weighted by molar-refractivity contribution is -0.146. The molecule has 1 atom stereocenters. The predicted octanol–water partition coefficient (Wildman–Crippen LogP) is 0.0502. The number of esters is 1. The summed E-state index contributed by atoms with van der Waals surface area (Å²) in [5.41, 5.74) is 0. The molecule has 1 rings (SSSR count). The number of carbonyl (C=O) groups excluding carboxylic acids is 1. The number of piperidine rings is 1. The fourth-order valence-corrected chi connectivity index (χ4v) is 2.77. The number of nitrogens with one attached hydrogen (secondary N) is 1. The molecular formula is C9H17NO3S. The molecule has 5 heteroatoms. The average molecular weight is 219 g/mol.